The fourth-order valence-electron chi connectivity index (χ4n) is 4.51. The minimum Gasteiger partial charge on any atom is -0.503 e. The van der Waals surface area contributed by atoms with E-state index < -0.39 is 65.8 Å². The molecule has 1 saturated heterocycles. The molecule has 1 fully saturated rings. The van der Waals surface area contributed by atoms with Crippen molar-refractivity contribution in [3.8, 4) is 11.5 Å². The molecule has 11 heteroatoms. The number of hydrogen-bond donors (Lipinski definition) is 2. The Kier molecular flexibility index (Phi) is 9.51. The number of pyridine rings is 1. The summed E-state index contributed by atoms with van der Waals surface area (Å²) in [6.45, 7) is 0.870. The summed E-state index contributed by atoms with van der Waals surface area (Å²) in [5.74, 6) is -6.15. The number of nitrogens with zero attached hydrogens (tertiary/aromatic N) is 1. The number of ether oxygens (including phenoxy) is 4. The third-order valence-electron chi connectivity index (χ3n) is 6.64. The summed E-state index contributed by atoms with van der Waals surface area (Å²) in [5, 5.41) is 12.7. The van der Waals surface area contributed by atoms with Crippen molar-refractivity contribution in [2.24, 2.45) is 11.8 Å². The van der Waals surface area contributed by atoms with E-state index in [-0.39, 0.29) is 18.8 Å². The van der Waals surface area contributed by atoms with E-state index in [1.54, 1.807) is 48.5 Å². The van der Waals surface area contributed by atoms with Crippen LogP contribution in [-0.4, -0.2) is 59.8 Å². The van der Waals surface area contributed by atoms with E-state index in [1.807, 2.05) is 12.1 Å². The molecule has 1 unspecified atom stereocenters. The summed E-state index contributed by atoms with van der Waals surface area (Å²) in [7, 11) is 1.31. The summed E-state index contributed by atoms with van der Waals surface area (Å²) < 4.78 is 21.6. The number of carbonyl (C=O) groups is 4. The number of aromatic nitrogens is 1. The molecule has 1 aromatic heterocycles. The summed E-state index contributed by atoms with van der Waals surface area (Å²) in [4.78, 5) is 56.7. The fraction of sp³-hybridized carbons (Fsp3) is 0.300. The molecular weight excluding hydrogens is 532 g/mol. The van der Waals surface area contributed by atoms with Gasteiger partial charge in [0.25, 0.3) is 5.91 Å². The first-order chi connectivity index (χ1) is 19.8. The molecule has 1 aliphatic rings. The Labute approximate surface area is 236 Å². The summed E-state index contributed by atoms with van der Waals surface area (Å²) in [5.41, 5.74) is 1.10. The van der Waals surface area contributed by atoms with E-state index in [0.717, 1.165) is 11.1 Å². The molecule has 41 heavy (non-hydrogen) atoms. The molecule has 4 rings (SSSR count). The zero-order chi connectivity index (χ0) is 29.4. The first-order valence-electron chi connectivity index (χ1n) is 12.9. The Hall–Kier alpha value is -4.93. The highest BCUT2D eigenvalue weighted by Gasteiger charge is 2.44. The standard InChI is InChI=1S/C30H30N2O9/c1-18-24(30(37)39-16-20-11-7-4-8-12-20)21(15-19-9-5-3-6-10-19)28(35)40-17-22(29(36)41-18)32-27(34)25-26(33)23(38-2)13-14-31-25/h3-14,18,21-22,24,33H,15-17H2,1-2H3,(H,32,34)/t18-,21+,22-,24?/m0/s1. The topological polar surface area (TPSA) is 150 Å². The maximum absolute atomic E-state index is 13.4. The van der Waals surface area contributed by atoms with Gasteiger partial charge in [0.15, 0.2) is 23.2 Å². The lowest BCUT2D eigenvalue weighted by Crippen LogP contribution is -2.46. The van der Waals surface area contributed by atoms with Gasteiger partial charge < -0.3 is 29.4 Å². The molecule has 1 amide bonds. The van der Waals surface area contributed by atoms with Crippen molar-refractivity contribution in [3.63, 3.8) is 0 Å². The van der Waals surface area contributed by atoms with Crippen LogP contribution in [0.15, 0.2) is 72.9 Å². The molecule has 0 aliphatic carbocycles. The number of methoxy groups -OCH3 is 1. The minimum absolute atomic E-state index is 0.00264. The smallest absolute Gasteiger partial charge is 0.332 e. The highest BCUT2D eigenvalue weighted by atomic mass is 16.6. The van der Waals surface area contributed by atoms with Crippen LogP contribution >= 0.6 is 0 Å². The molecule has 214 valence electrons. The molecule has 2 N–H and O–H groups in total. The van der Waals surface area contributed by atoms with Gasteiger partial charge in [-0.15, -0.1) is 0 Å². The summed E-state index contributed by atoms with van der Waals surface area (Å²) in [6.07, 6.45) is 0.246. The van der Waals surface area contributed by atoms with E-state index >= 15 is 0 Å². The lowest BCUT2D eigenvalue weighted by atomic mass is 9.83. The van der Waals surface area contributed by atoms with E-state index in [0.29, 0.717) is 0 Å². The second-order valence-corrected chi connectivity index (χ2v) is 9.42. The molecule has 1 aliphatic heterocycles. The number of benzene rings is 2. The molecule has 4 atom stereocenters. The van der Waals surface area contributed by atoms with Gasteiger partial charge in [0.2, 0.25) is 0 Å². The van der Waals surface area contributed by atoms with Crippen LogP contribution < -0.4 is 10.1 Å². The largest absolute Gasteiger partial charge is 0.503 e. The lowest BCUT2D eigenvalue weighted by Gasteiger charge is -2.27. The Balaban J connectivity index is 1.58. The summed E-state index contributed by atoms with van der Waals surface area (Å²) >= 11 is 0. The van der Waals surface area contributed by atoms with Crippen molar-refractivity contribution in [1.29, 1.82) is 0 Å². The molecule has 0 saturated carbocycles. The molecule has 3 aromatic rings. The third-order valence-corrected chi connectivity index (χ3v) is 6.64. The third kappa shape index (κ3) is 7.18. The number of carbonyl (C=O) groups excluding carboxylic acids is 4. The number of esters is 3. The number of amides is 1. The molecule has 0 radical (unpaired) electrons. The quantitative estimate of drug-likeness (QED) is 0.310. The van der Waals surface area contributed by atoms with Gasteiger partial charge in [-0.05, 0) is 24.5 Å². The van der Waals surface area contributed by atoms with Gasteiger partial charge in [0.05, 0.1) is 13.0 Å². The van der Waals surface area contributed by atoms with Gasteiger partial charge >= 0.3 is 17.9 Å². The summed E-state index contributed by atoms with van der Waals surface area (Å²) in [6, 6.07) is 18.0. The first kappa shape index (κ1) is 29.1. The van der Waals surface area contributed by atoms with Crippen LogP contribution in [0.5, 0.6) is 11.5 Å². The number of cyclic esters (lactones) is 2. The Morgan fingerprint density at radius 3 is 2.32 bits per heavy atom. The maximum Gasteiger partial charge on any atom is 0.332 e. The minimum atomic E-state index is -1.45. The monoisotopic (exact) mass is 562 g/mol. The predicted octanol–water partition coefficient (Wildman–Crippen LogP) is 2.60. The van der Waals surface area contributed by atoms with Crippen LogP contribution in [0, 0.1) is 11.8 Å². The van der Waals surface area contributed by atoms with Crippen LogP contribution in [0.3, 0.4) is 0 Å². The van der Waals surface area contributed by atoms with Crippen LogP contribution in [-0.2, 0) is 41.6 Å². The van der Waals surface area contributed by atoms with Crippen molar-refractivity contribution < 1.29 is 43.2 Å². The second kappa shape index (κ2) is 13.4. The van der Waals surface area contributed by atoms with Crippen molar-refractivity contribution in [1.82, 2.24) is 10.3 Å². The average Bonchev–Trinajstić information content (AvgIpc) is 3.01. The van der Waals surface area contributed by atoms with Crippen LogP contribution in [0.4, 0.5) is 0 Å². The van der Waals surface area contributed by atoms with Crippen molar-refractivity contribution in [2.45, 2.75) is 32.1 Å². The van der Waals surface area contributed by atoms with E-state index in [4.69, 9.17) is 18.9 Å². The predicted molar refractivity (Wildman–Crippen MR) is 144 cm³/mol. The Bertz CT molecular complexity index is 1380. The van der Waals surface area contributed by atoms with Gasteiger partial charge in [-0.25, -0.2) is 9.78 Å². The van der Waals surface area contributed by atoms with Crippen LogP contribution in [0.25, 0.3) is 0 Å². The molecule has 0 spiro atoms. The van der Waals surface area contributed by atoms with Crippen molar-refractivity contribution >= 4 is 23.8 Å². The first-order valence-corrected chi connectivity index (χ1v) is 12.9. The Morgan fingerprint density at radius 1 is 1.00 bits per heavy atom. The molecule has 0 bridgehead atoms. The number of rotatable bonds is 8. The highest BCUT2D eigenvalue weighted by molar-refractivity contribution is 5.98. The maximum atomic E-state index is 13.4. The van der Waals surface area contributed by atoms with Gasteiger partial charge in [-0.3, -0.25) is 14.4 Å². The molecule has 2 heterocycles. The zero-order valence-electron chi connectivity index (χ0n) is 22.5. The highest BCUT2D eigenvalue weighted by Crippen LogP contribution is 2.29. The SMILES string of the molecule is COc1ccnc(C(=O)N[C@H]2COC(=O)[C@H](Cc3ccccc3)C(C(=O)OCc3ccccc3)[C@H](C)OC2=O)c1O. The number of nitrogens with one attached hydrogen (secondary N) is 1. The second-order valence-electron chi connectivity index (χ2n) is 9.42. The molecule has 2 aromatic carbocycles. The lowest BCUT2D eigenvalue weighted by molar-refractivity contribution is -0.168. The van der Waals surface area contributed by atoms with Gasteiger partial charge in [0.1, 0.15) is 25.2 Å². The average molecular weight is 563 g/mol. The normalized spacial score (nSPS) is 20.8. The fourth-order valence-corrected chi connectivity index (χ4v) is 4.51. The van der Waals surface area contributed by atoms with Gasteiger partial charge in [-0.1, -0.05) is 60.7 Å². The number of hydrogen-bond acceptors (Lipinski definition) is 10. The van der Waals surface area contributed by atoms with E-state index in [2.05, 4.69) is 10.3 Å². The van der Waals surface area contributed by atoms with Crippen molar-refractivity contribution in [2.75, 3.05) is 13.7 Å². The van der Waals surface area contributed by atoms with E-state index in [1.165, 1.54) is 26.3 Å². The molecule has 11 nitrogen and oxygen atoms in total. The Morgan fingerprint density at radius 2 is 1.66 bits per heavy atom. The van der Waals surface area contributed by atoms with Crippen LogP contribution in [0.1, 0.15) is 28.5 Å². The van der Waals surface area contributed by atoms with Crippen molar-refractivity contribution in [3.05, 3.63) is 89.7 Å². The number of aromatic hydroxyl groups is 1. The van der Waals surface area contributed by atoms with Gasteiger partial charge in [0, 0.05) is 12.3 Å². The van der Waals surface area contributed by atoms with Crippen LogP contribution in [0.2, 0.25) is 0 Å². The van der Waals surface area contributed by atoms with E-state index in [9.17, 15) is 24.3 Å². The van der Waals surface area contributed by atoms with Gasteiger partial charge in [-0.2, -0.15) is 0 Å². The zero-order valence-corrected chi connectivity index (χ0v) is 22.5. The molecular formula is C30H30N2O9.